The van der Waals surface area contributed by atoms with E-state index < -0.39 is 19.0 Å². The van der Waals surface area contributed by atoms with Crippen LogP contribution in [0.4, 0.5) is 0 Å². The van der Waals surface area contributed by atoms with E-state index in [1.165, 1.54) is 25.7 Å². The normalized spacial score (nSPS) is 14.8. The molecule has 0 spiro atoms. The molecule has 0 aliphatic carbocycles. The van der Waals surface area contributed by atoms with Gasteiger partial charge < -0.3 is 18.9 Å². The monoisotopic (exact) mass is 294 g/mol. The van der Waals surface area contributed by atoms with Crippen LogP contribution in [0.25, 0.3) is 0 Å². The summed E-state index contributed by atoms with van der Waals surface area (Å²) in [7, 11) is 6.14. The summed E-state index contributed by atoms with van der Waals surface area (Å²) in [6.07, 6.45) is 5.18. The van der Waals surface area contributed by atoms with E-state index in [-0.39, 0.29) is 11.8 Å². The van der Waals surface area contributed by atoms with Crippen molar-refractivity contribution >= 4 is 19.0 Å². The number of hydrogen-bond donors (Lipinski definition) is 0. The quantitative estimate of drug-likeness (QED) is 0.303. The number of unbranched alkanes of at least 4 members (excludes halogenated alkanes) is 2. The minimum Gasteiger partial charge on any atom is -0.360 e. The van der Waals surface area contributed by atoms with Gasteiger partial charge in [0.2, 0.25) is 0 Å². The van der Waals surface area contributed by atoms with Gasteiger partial charge in [0.15, 0.2) is 0 Å². The molecule has 4 nitrogen and oxygen atoms in total. The molecule has 0 fully saturated rings. The predicted octanol–water partition coefficient (Wildman–Crippen LogP) is 0.803. The second-order valence-corrected chi connectivity index (χ2v) is 10.4. The van der Waals surface area contributed by atoms with Crippen molar-refractivity contribution in [3.8, 4) is 0 Å². The minimum absolute atomic E-state index is 0.0403. The zero-order valence-corrected chi connectivity index (χ0v) is 15.4. The van der Waals surface area contributed by atoms with Gasteiger partial charge in [-0.1, -0.05) is 37.8 Å². The SMILES string of the molecule is CCCCCC([SiH2]C(OC)OC)[SiH2]C(OC)OC. The molecule has 0 aromatic heterocycles. The van der Waals surface area contributed by atoms with E-state index in [0.29, 0.717) is 0 Å². The Morgan fingerprint density at radius 2 is 1.22 bits per heavy atom. The van der Waals surface area contributed by atoms with Crippen LogP contribution in [0.3, 0.4) is 0 Å². The highest BCUT2D eigenvalue weighted by atomic mass is 28.3. The molecule has 0 N–H and O–H groups in total. The Hall–Kier alpha value is 0.274. The van der Waals surface area contributed by atoms with Gasteiger partial charge in [-0.15, -0.1) is 0 Å². The Bertz CT molecular complexity index is 161. The summed E-state index contributed by atoms with van der Waals surface area (Å²) < 4.78 is 21.5. The summed E-state index contributed by atoms with van der Waals surface area (Å²) >= 11 is 0. The van der Waals surface area contributed by atoms with Crippen LogP contribution in [0, 0.1) is 0 Å². The lowest BCUT2D eigenvalue weighted by Crippen LogP contribution is -2.34. The molecule has 0 aliphatic heterocycles. The molecule has 0 saturated heterocycles. The van der Waals surface area contributed by atoms with Gasteiger partial charge in [0, 0.05) is 28.4 Å². The third-order valence-electron chi connectivity index (χ3n) is 3.32. The molecule has 6 heteroatoms. The highest BCUT2D eigenvalue weighted by Gasteiger charge is 2.21. The Kier molecular flexibility index (Phi) is 12.5. The van der Waals surface area contributed by atoms with Gasteiger partial charge in [-0.25, -0.2) is 0 Å². The summed E-state index contributed by atoms with van der Waals surface area (Å²) in [4.78, 5) is 0. The van der Waals surface area contributed by atoms with E-state index in [1.54, 1.807) is 28.4 Å². The van der Waals surface area contributed by atoms with E-state index in [2.05, 4.69) is 6.92 Å². The highest BCUT2D eigenvalue weighted by molar-refractivity contribution is 6.59. The number of ether oxygens (including phenoxy) is 4. The second-order valence-electron chi connectivity index (χ2n) is 4.64. The van der Waals surface area contributed by atoms with Crippen LogP contribution in [0.15, 0.2) is 0 Å². The number of hydrogen-bond acceptors (Lipinski definition) is 4. The summed E-state index contributed by atoms with van der Waals surface area (Å²) in [5.74, 6) is 0.0805. The van der Waals surface area contributed by atoms with Crippen LogP contribution in [-0.4, -0.2) is 59.3 Å². The van der Waals surface area contributed by atoms with E-state index in [9.17, 15) is 0 Å². The molecular formula is C12H30O4Si2. The van der Waals surface area contributed by atoms with Crippen molar-refractivity contribution in [1.82, 2.24) is 0 Å². The first kappa shape index (κ1) is 18.3. The Morgan fingerprint density at radius 3 is 1.56 bits per heavy atom. The first-order valence-electron chi connectivity index (χ1n) is 6.82. The maximum atomic E-state index is 5.37. The van der Waals surface area contributed by atoms with Gasteiger partial charge >= 0.3 is 0 Å². The van der Waals surface area contributed by atoms with Crippen molar-refractivity contribution in [1.29, 1.82) is 0 Å². The number of rotatable bonds is 12. The first-order valence-corrected chi connectivity index (χ1v) is 10.1. The van der Waals surface area contributed by atoms with Gasteiger partial charge in [-0.3, -0.25) is 0 Å². The predicted molar refractivity (Wildman–Crippen MR) is 80.6 cm³/mol. The van der Waals surface area contributed by atoms with Gasteiger partial charge in [0.1, 0.15) is 11.8 Å². The first-order chi connectivity index (χ1) is 8.71. The van der Waals surface area contributed by atoms with E-state index in [4.69, 9.17) is 18.9 Å². The van der Waals surface area contributed by atoms with Crippen molar-refractivity contribution in [3.05, 3.63) is 0 Å². The largest absolute Gasteiger partial charge is 0.360 e. The molecule has 0 heterocycles. The molecule has 0 unspecified atom stereocenters. The van der Waals surface area contributed by atoms with E-state index in [0.717, 1.165) is 5.16 Å². The van der Waals surface area contributed by atoms with Gasteiger partial charge in [0.05, 0.1) is 19.0 Å². The molecule has 0 aliphatic rings. The molecule has 0 amide bonds. The average Bonchev–Trinajstić information content (AvgIpc) is 2.41. The lowest BCUT2D eigenvalue weighted by atomic mass is 10.2. The molecule has 18 heavy (non-hydrogen) atoms. The summed E-state index contributed by atoms with van der Waals surface area (Å²) in [5.41, 5.74) is 0. The molecule has 110 valence electrons. The van der Waals surface area contributed by atoms with Gasteiger partial charge in [0.25, 0.3) is 0 Å². The van der Waals surface area contributed by atoms with Crippen LogP contribution in [0.2, 0.25) is 5.16 Å². The highest BCUT2D eigenvalue weighted by Crippen LogP contribution is 2.17. The van der Waals surface area contributed by atoms with Crippen LogP contribution in [0.5, 0.6) is 0 Å². The second kappa shape index (κ2) is 12.3. The van der Waals surface area contributed by atoms with E-state index >= 15 is 0 Å². The zero-order valence-electron chi connectivity index (χ0n) is 12.6. The van der Waals surface area contributed by atoms with Crippen LogP contribution < -0.4 is 0 Å². The number of methoxy groups -OCH3 is 4. The fraction of sp³-hybridized carbons (Fsp3) is 1.00. The molecule has 0 aromatic rings. The third kappa shape index (κ3) is 8.39. The van der Waals surface area contributed by atoms with Crippen molar-refractivity contribution in [2.24, 2.45) is 0 Å². The van der Waals surface area contributed by atoms with Crippen LogP contribution in [0.1, 0.15) is 32.6 Å². The Balaban J connectivity index is 4.21. The molecule has 0 saturated carbocycles. The smallest absolute Gasteiger partial charge is 0.134 e. The molecule has 0 bridgehead atoms. The molecular weight excluding hydrogens is 264 g/mol. The van der Waals surface area contributed by atoms with Crippen molar-refractivity contribution in [2.45, 2.75) is 49.6 Å². The van der Waals surface area contributed by atoms with Crippen LogP contribution >= 0.6 is 0 Å². The summed E-state index contributed by atoms with van der Waals surface area (Å²) in [6.45, 7) is 2.24. The lowest BCUT2D eigenvalue weighted by molar-refractivity contribution is -0.0474. The molecule has 0 rings (SSSR count). The maximum absolute atomic E-state index is 5.37. The van der Waals surface area contributed by atoms with Gasteiger partial charge in [-0.2, -0.15) is 0 Å². The van der Waals surface area contributed by atoms with Crippen LogP contribution in [-0.2, 0) is 18.9 Å². The van der Waals surface area contributed by atoms with Crippen molar-refractivity contribution in [3.63, 3.8) is 0 Å². The zero-order chi connectivity index (χ0) is 13.8. The summed E-state index contributed by atoms with van der Waals surface area (Å²) in [6, 6.07) is 0. The average molecular weight is 295 g/mol. The Labute approximate surface area is 116 Å². The van der Waals surface area contributed by atoms with Gasteiger partial charge in [-0.05, 0) is 0 Å². The third-order valence-corrected chi connectivity index (χ3v) is 9.57. The lowest BCUT2D eigenvalue weighted by Gasteiger charge is -2.23. The van der Waals surface area contributed by atoms with Crippen molar-refractivity contribution < 1.29 is 18.9 Å². The molecule has 0 atom stereocenters. The standard InChI is InChI=1S/C12H30O4Si2/c1-6-7-8-9-10(17-11(13-2)14-3)18-12(15-4)16-5/h10-12H,6-9,17-18H2,1-5H3. The fourth-order valence-electron chi connectivity index (χ4n) is 2.14. The molecule has 0 aromatic carbocycles. The molecule has 0 radical (unpaired) electrons. The van der Waals surface area contributed by atoms with E-state index in [1.807, 2.05) is 0 Å². The Morgan fingerprint density at radius 1 is 0.778 bits per heavy atom. The fourth-order valence-corrected chi connectivity index (χ4v) is 7.45. The maximum Gasteiger partial charge on any atom is 0.134 e. The summed E-state index contributed by atoms with van der Waals surface area (Å²) in [5, 5.41) is 0.784. The minimum atomic E-state index is -0.393. The topological polar surface area (TPSA) is 36.9 Å². The van der Waals surface area contributed by atoms with Crippen molar-refractivity contribution in [2.75, 3.05) is 28.4 Å².